The zero-order valence-electron chi connectivity index (χ0n) is 30.5. The lowest BCUT2D eigenvalue weighted by Crippen LogP contribution is -3.00. The molecule has 0 atom stereocenters. The van der Waals surface area contributed by atoms with Gasteiger partial charge in [-0.15, -0.1) is 11.6 Å². The standard InChI is InChI=1S/C10H22N2.3C8H8.C6H12N2.C2H5Cl.2ClH/c1-3-11-5-8-12(4-2,9-6-11)10-7-11;3*1-2-8-6-4-3-5-7-8;1-2-8-5-3-7(1)4-6-8;1-2-3;;/h3-10H2,1-2H3;3*2-7H,1H2;1-6H2;2H2,1H3;2*1H/q+2;;;;;;;/p-2. The fraction of sp³-hybridized carbons (Fsp3) is 0.429. The van der Waals surface area contributed by atoms with Crippen LogP contribution in [0.3, 0.4) is 0 Å². The average molecular weight is 730 g/mol. The minimum atomic E-state index is 0. The second-order valence-corrected chi connectivity index (χ2v) is 13.0. The first-order chi connectivity index (χ1) is 22.9. The van der Waals surface area contributed by atoms with Crippen molar-refractivity contribution < 1.29 is 33.8 Å². The van der Waals surface area contributed by atoms with E-state index in [4.69, 9.17) is 11.6 Å². The maximum absolute atomic E-state index is 5.00. The number of fused-ring (bicyclic) bond motifs is 6. The molecule has 6 fully saturated rings. The highest BCUT2D eigenvalue weighted by atomic mass is 35.5. The van der Waals surface area contributed by atoms with Crippen LogP contribution in [0.5, 0.6) is 0 Å². The van der Waals surface area contributed by atoms with Crippen LogP contribution in [0.1, 0.15) is 37.5 Å². The highest BCUT2D eigenvalue weighted by Gasteiger charge is 2.46. The molecule has 6 aliphatic rings. The molecule has 6 saturated heterocycles. The van der Waals surface area contributed by atoms with Gasteiger partial charge < -0.3 is 33.8 Å². The zero-order valence-corrected chi connectivity index (χ0v) is 32.8. The van der Waals surface area contributed by atoms with Gasteiger partial charge in [0.1, 0.15) is 39.3 Å². The fourth-order valence-electron chi connectivity index (χ4n) is 6.18. The number of quaternary nitrogens is 2. The normalized spacial score (nSPS) is 23.3. The predicted molar refractivity (Wildman–Crippen MR) is 210 cm³/mol. The average Bonchev–Trinajstić information content (AvgIpc) is 3.18. The van der Waals surface area contributed by atoms with Crippen LogP contribution in [-0.4, -0.2) is 116 Å². The Kier molecular flexibility index (Phi) is 26.0. The van der Waals surface area contributed by atoms with E-state index in [1.54, 1.807) is 0 Å². The van der Waals surface area contributed by atoms with Gasteiger partial charge in [0.05, 0.1) is 13.1 Å². The summed E-state index contributed by atoms with van der Waals surface area (Å²) in [7, 11) is 0. The van der Waals surface area contributed by atoms with Gasteiger partial charge in [-0.2, -0.15) is 0 Å². The maximum atomic E-state index is 5.00. The summed E-state index contributed by atoms with van der Waals surface area (Å²) >= 11 is 5.00. The number of nitrogens with zero attached hydrogens (tertiary/aromatic N) is 4. The smallest absolute Gasteiger partial charge is 0.129 e. The molecule has 0 radical (unpaired) electrons. The van der Waals surface area contributed by atoms with Gasteiger partial charge in [0.2, 0.25) is 0 Å². The third-order valence-corrected chi connectivity index (χ3v) is 9.79. The molecule has 0 saturated carbocycles. The molecule has 0 amide bonds. The van der Waals surface area contributed by atoms with Crippen molar-refractivity contribution in [3.8, 4) is 0 Å². The van der Waals surface area contributed by atoms with Gasteiger partial charge in [-0.25, -0.2) is 0 Å². The molecule has 272 valence electrons. The predicted octanol–water partition coefficient (Wildman–Crippen LogP) is 2.55. The first kappa shape index (κ1) is 46.6. The fourth-order valence-corrected chi connectivity index (χ4v) is 6.18. The SMILES string of the molecule is C1CN2CCN1CC2.C=Cc1ccccc1.C=Cc1ccccc1.C=Cc1ccccc1.CCCl.CC[N+]12CC[N+](CC)(CC1)CC2.[Cl-].[Cl-]. The lowest BCUT2D eigenvalue weighted by Gasteiger charge is -2.55. The van der Waals surface area contributed by atoms with Crippen LogP contribution >= 0.6 is 11.6 Å². The van der Waals surface area contributed by atoms with Crippen molar-refractivity contribution in [2.45, 2.75) is 20.8 Å². The summed E-state index contributed by atoms with van der Waals surface area (Å²) in [5.41, 5.74) is 3.52. The van der Waals surface area contributed by atoms with Crippen LogP contribution in [0.25, 0.3) is 18.2 Å². The van der Waals surface area contributed by atoms with E-state index in [0.29, 0.717) is 0 Å². The second-order valence-electron chi connectivity index (χ2n) is 12.5. The third-order valence-electron chi connectivity index (χ3n) is 9.79. The first-order valence-electron chi connectivity index (χ1n) is 17.6. The Bertz CT molecular complexity index is 1060. The molecule has 49 heavy (non-hydrogen) atoms. The lowest BCUT2D eigenvalue weighted by molar-refractivity contribution is -1.08. The number of halogens is 3. The van der Waals surface area contributed by atoms with Crippen molar-refractivity contribution in [3.63, 3.8) is 0 Å². The van der Waals surface area contributed by atoms with E-state index in [1.165, 1.54) is 117 Å². The molecular weight excluding hydrogens is 667 g/mol. The Morgan fingerprint density at radius 2 is 0.694 bits per heavy atom. The van der Waals surface area contributed by atoms with Crippen molar-refractivity contribution in [3.05, 3.63) is 127 Å². The summed E-state index contributed by atoms with van der Waals surface area (Å²) in [4.78, 5) is 5.08. The number of rotatable bonds is 5. The van der Waals surface area contributed by atoms with Gasteiger partial charge >= 0.3 is 0 Å². The van der Waals surface area contributed by atoms with Gasteiger partial charge in [0, 0.05) is 45.1 Å². The molecule has 6 heterocycles. The lowest BCUT2D eigenvalue weighted by atomic mass is 10.1. The molecule has 0 spiro atoms. The molecule has 4 nitrogen and oxygen atoms in total. The molecule has 0 N–H and O–H groups in total. The minimum absolute atomic E-state index is 0. The first-order valence-corrected chi connectivity index (χ1v) is 18.2. The van der Waals surface area contributed by atoms with Crippen LogP contribution in [0.15, 0.2) is 111 Å². The van der Waals surface area contributed by atoms with Gasteiger partial charge in [-0.3, -0.25) is 9.80 Å². The van der Waals surface area contributed by atoms with Crippen LogP contribution in [0, 0.1) is 0 Å². The molecule has 7 heteroatoms. The van der Waals surface area contributed by atoms with Crippen molar-refractivity contribution in [2.75, 3.05) is 97.5 Å². The maximum Gasteiger partial charge on any atom is 0.129 e. The highest BCUT2D eigenvalue weighted by Crippen LogP contribution is 2.25. The van der Waals surface area contributed by atoms with Crippen LogP contribution in [0.4, 0.5) is 0 Å². The van der Waals surface area contributed by atoms with Crippen LogP contribution in [0.2, 0.25) is 0 Å². The third kappa shape index (κ3) is 17.9. The number of piperazine rings is 6. The molecule has 0 unspecified atom stereocenters. The topological polar surface area (TPSA) is 6.48 Å². The number of hydrogen-bond acceptors (Lipinski definition) is 2. The summed E-state index contributed by atoms with van der Waals surface area (Å²) < 4.78 is 2.86. The molecule has 3 aromatic carbocycles. The van der Waals surface area contributed by atoms with Gasteiger partial charge in [0.25, 0.3) is 0 Å². The molecule has 4 bridgehead atoms. The highest BCUT2D eigenvalue weighted by molar-refractivity contribution is 6.17. The number of alkyl halides is 1. The van der Waals surface area contributed by atoms with Crippen molar-refractivity contribution in [2.24, 2.45) is 0 Å². The zero-order chi connectivity index (χ0) is 34.2. The Labute approximate surface area is 317 Å². The van der Waals surface area contributed by atoms with Crippen molar-refractivity contribution in [1.29, 1.82) is 0 Å². The summed E-state index contributed by atoms with van der Waals surface area (Å²) in [6, 6.07) is 30.1. The molecule has 9 rings (SSSR count). The quantitative estimate of drug-likeness (QED) is 0.295. The van der Waals surface area contributed by atoms with Gasteiger partial charge in [-0.1, -0.05) is 136 Å². The van der Waals surface area contributed by atoms with E-state index in [9.17, 15) is 0 Å². The largest absolute Gasteiger partial charge is 1.00 e. The number of likely N-dealkylation sites (N-methyl/N-ethyl adjacent to an activating group) is 2. The number of hydrogen-bond donors (Lipinski definition) is 0. The number of benzene rings is 3. The summed E-state index contributed by atoms with van der Waals surface area (Å²) in [6.45, 7) is 36.8. The van der Waals surface area contributed by atoms with E-state index in [2.05, 4.69) is 43.4 Å². The van der Waals surface area contributed by atoms with E-state index in [1.807, 2.05) is 116 Å². The summed E-state index contributed by atoms with van der Waals surface area (Å²) in [6.07, 6.45) is 5.50. The van der Waals surface area contributed by atoms with Crippen LogP contribution in [-0.2, 0) is 0 Å². The van der Waals surface area contributed by atoms with E-state index < -0.39 is 0 Å². The van der Waals surface area contributed by atoms with Gasteiger partial charge in [0.15, 0.2) is 0 Å². The monoisotopic (exact) mass is 728 g/mol. The molecular formula is C42H63Cl3N4. The minimum Gasteiger partial charge on any atom is -1.00 e. The Hall–Kier alpha value is -2.41. The second kappa shape index (κ2) is 27.3. The van der Waals surface area contributed by atoms with Crippen LogP contribution < -0.4 is 24.8 Å². The van der Waals surface area contributed by atoms with Gasteiger partial charge in [-0.05, 0) is 30.5 Å². The Morgan fingerprint density at radius 3 is 0.816 bits per heavy atom. The van der Waals surface area contributed by atoms with E-state index in [0.717, 1.165) is 5.88 Å². The van der Waals surface area contributed by atoms with Crippen molar-refractivity contribution >= 4 is 29.8 Å². The van der Waals surface area contributed by atoms with Crippen molar-refractivity contribution in [1.82, 2.24) is 9.80 Å². The van der Waals surface area contributed by atoms with E-state index in [-0.39, 0.29) is 24.8 Å². The molecule has 0 aliphatic carbocycles. The Morgan fingerprint density at radius 1 is 0.490 bits per heavy atom. The van der Waals surface area contributed by atoms with E-state index >= 15 is 0 Å². The molecule has 6 aliphatic heterocycles. The Balaban J connectivity index is 0.000000576. The molecule has 0 aromatic heterocycles. The summed E-state index contributed by atoms with van der Waals surface area (Å²) in [5.74, 6) is 0.722. The molecule has 3 aromatic rings. The summed E-state index contributed by atoms with van der Waals surface area (Å²) in [5, 5.41) is 0.